The topological polar surface area (TPSA) is 60.0 Å². The van der Waals surface area contributed by atoms with Crippen LogP contribution >= 0.6 is 0 Å². The molecule has 1 rings (SSSR count). The molecule has 1 aliphatic heterocycles. The van der Waals surface area contributed by atoms with E-state index in [1.165, 1.54) is 186 Å². The van der Waals surface area contributed by atoms with E-state index in [1.807, 2.05) is 0 Å². The number of hydrogen-bond donors (Lipinski definition) is 1. The van der Waals surface area contributed by atoms with Gasteiger partial charge in [0.25, 0.3) is 0 Å². The third-order valence-corrected chi connectivity index (χ3v) is 10.7. The van der Waals surface area contributed by atoms with E-state index in [9.17, 15) is 4.79 Å². The van der Waals surface area contributed by atoms with Crippen LogP contribution in [0.5, 0.6) is 0 Å². The molecule has 1 atom stereocenters. The van der Waals surface area contributed by atoms with Crippen LogP contribution in [-0.4, -0.2) is 69.7 Å². The summed E-state index contributed by atoms with van der Waals surface area (Å²) in [6.07, 6.45) is 49.5. The van der Waals surface area contributed by atoms with Gasteiger partial charge in [-0.1, -0.05) is 160 Å². The van der Waals surface area contributed by atoms with Gasteiger partial charge in [0.05, 0.1) is 12.7 Å². The second kappa shape index (κ2) is 41.8. The lowest BCUT2D eigenvalue weighted by atomic mass is 10.1. The van der Waals surface area contributed by atoms with E-state index >= 15 is 0 Å². The lowest BCUT2D eigenvalue weighted by Gasteiger charge is -2.26. The highest BCUT2D eigenvalue weighted by molar-refractivity contribution is 5.67. The summed E-state index contributed by atoms with van der Waals surface area (Å²) < 4.78 is 17.8. The van der Waals surface area contributed by atoms with Gasteiger partial charge in [-0.15, -0.1) is 0 Å². The minimum Gasteiger partial charge on any atom is -0.448 e. The van der Waals surface area contributed by atoms with Crippen LogP contribution < -0.4 is 5.32 Å². The number of carbonyl (C=O) groups is 1. The highest BCUT2D eigenvalue weighted by Gasteiger charge is 2.14. The van der Waals surface area contributed by atoms with Crippen molar-refractivity contribution in [1.29, 1.82) is 0 Å². The van der Waals surface area contributed by atoms with Crippen molar-refractivity contribution in [2.75, 3.05) is 52.6 Å². The molecular weight excluding hydrogens is 657 g/mol. The van der Waals surface area contributed by atoms with Gasteiger partial charge in [-0.3, -0.25) is 4.90 Å². The maximum absolute atomic E-state index is 12.4. The smallest absolute Gasteiger partial charge is 0.407 e. The largest absolute Gasteiger partial charge is 0.448 e. The van der Waals surface area contributed by atoms with Gasteiger partial charge in [-0.25, -0.2) is 4.79 Å². The maximum atomic E-state index is 12.4. The van der Waals surface area contributed by atoms with Gasteiger partial charge in [0.1, 0.15) is 6.61 Å². The minimum atomic E-state index is -0.346. The fourth-order valence-corrected chi connectivity index (χ4v) is 7.13. The van der Waals surface area contributed by atoms with Gasteiger partial charge in [0, 0.05) is 26.3 Å². The molecule has 53 heavy (non-hydrogen) atoms. The SMILES string of the molecule is CCCCCCCC/C=C\CCCCCCCCOCC(CNC(=O)OCCN1CCCCC1)OCCCCCCCC/C=C\CCCCCCCC. The monoisotopic (exact) mass is 747 g/mol. The molecule has 0 aromatic rings. The van der Waals surface area contributed by atoms with Crippen molar-refractivity contribution in [3.63, 3.8) is 0 Å². The van der Waals surface area contributed by atoms with Crippen LogP contribution in [0.25, 0.3) is 0 Å². The molecule has 0 radical (unpaired) electrons. The first-order valence-electron chi connectivity index (χ1n) is 23.4. The van der Waals surface area contributed by atoms with Crippen molar-refractivity contribution >= 4 is 6.09 Å². The predicted molar refractivity (Wildman–Crippen MR) is 229 cm³/mol. The van der Waals surface area contributed by atoms with Crippen LogP contribution in [0.2, 0.25) is 0 Å². The van der Waals surface area contributed by atoms with Crippen molar-refractivity contribution in [3.05, 3.63) is 24.3 Å². The molecule has 1 unspecified atom stereocenters. The van der Waals surface area contributed by atoms with E-state index in [4.69, 9.17) is 14.2 Å². The van der Waals surface area contributed by atoms with Gasteiger partial charge in [0.2, 0.25) is 0 Å². The van der Waals surface area contributed by atoms with Gasteiger partial charge in [0.15, 0.2) is 0 Å². The Balaban J connectivity index is 2.12. The third kappa shape index (κ3) is 37.3. The fourth-order valence-electron chi connectivity index (χ4n) is 7.13. The molecule has 0 bridgehead atoms. The number of nitrogens with one attached hydrogen (secondary N) is 1. The summed E-state index contributed by atoms with van der Waals surface area (Å²) >= 11 is 0. The number of carbonyl (C=O) groups excluding carboxylic acids is 1. The van der Waals surface area contributed by atoms with Crippen LogP contribution in [0, 0.1) is 0 Å². The molecule has 6 nitrogen and oxygen atoms in total. The molecule has 1 aliphatic rings. The molecule has 1 fully saturated rings. The van der Waals surface area contributed by atoms with Gasteiger partial charge >= 0.3 is 6.09 Å². The molecule has 312 valence electrons. The van der Waals surface area contributed by atoms with E-state index in [0.29, 0.717) is 19.8 Å². The Labute approximate surface area is 330 Å². The lowest BCUT2D eigenvalue weighted by Crippen LogP contribution is -2.38. The van der Waals surface area contributed by atoms with Crippen molar-refractivity contribution in [1.82, 2.24) is 10.2 Å². The van der Waals surface area contributed by atoms with Crippen molar-refractivity contribution in [2.45, 2.75) is 219 Å². The zero-order valence-electron chi connectivity index (χ0n) is 35.5. The standard InChI is InChI=1S/C47H90N2O4/c1-3-5-7-9-11-13-15-17-19-21-23-25-27-29-31-36-41-51-45-46(44-48-47(50)53-43-40-49-38-34-33-35-39-49)52-42-37-32-30-28-26-24-22-20-18-16-14-12-10-8-6-4-2/h17-20,46H,3-16,21-45H2,1-2H3,(H,48,50)/b19-17-,20-18-. The number of hydrogen-bond acceptors (Lipinski definition) is 5. The Morgan fingerprint density at radius 1 is 0.547 bits per heavy atom. The Morgan fingerprint density at radius 2 is 0.981 bits per heavy atom. The number of piperidine rings is 1. The highest BCUT2D eigenvalue weighted by atomic mass is 16.6. The minimum absolute atomic E-state index is 0.137. The summed E-state index contributed by atoms with van der Waals surface area (Å²) in [6, 6.07) is 0. The number of nitrogens with zero attached hydrogens (tertiary/aromatic N) is 1. The summed E-state index contributed by atoms with van der Waals surface area (Å²) in [5.41, 5.74) is 0. The molecule has 0 aliphatic carbocycles. The van der Waals surface area contributed by atoms with E-state index in [2.05, 4.69) is 48.4 Å². The van der Waals surface area contributed by atoms with Crippen LogP contribution in [0.4, 0.5) is 4.79 Å². The van der Waals surface area contributed by atoms with Crippen molar-refractivity contribution < 1.29 is 19.0 Å². The predicted octanol–water partition coefficient (Wildman–Crippen LogP) is 13.7. The first-order valence-corrected chi connectivity index (χ1v) is 23.4. The summed E-state index contributed by atoms with van der Waals surface area (Å²) in [5.74, 6) is 0. The zero-order valence-corrected chi connectivity index (χ0v) is 35.5. The molecule has 1 amide bonds. The van der Waals surface area contributed by atoms with Gasteiger partial charge < -0.3 is 19.5 Å². The molecule has 1 saturated heterocycles. The second-order valence-corrected chi connectivity index (χ2v) is 15.9. The number of amides is 1. The Kier molecular flexibility index (Phi) is 39.1. The van der Waals surface area contributed by atoms with E-state index < -0.39 is 0 Å². The maximum Gasteiger partial charge on any atom is 0.407 e. The first kappa shape index (κ1) is 49.6. The summed E-state index contributed by atoms with van der Waals surface area (Å²) in [6.45, 7) is 10.5. The van der Waals surface area contributed by atoms with Crippen LogP contribution in [-0.2, 0) is 14.2 Å². The Bertz CT molecular complexity index is 797. The lowest BCUT2D eigenvalue weighted by molar-refractivity contribution is -0.0176. The first-order chi connectivity index (χ1) is 26.3. The molecule has 6 heteroatoms. The number of allylic oxidation sites excluding steroid dienone is 4. The van der Waals surface area contributed by atoms with Crippen LogP contribution in [0.15, 0.2) is 24.3 Å². The van der Waals surface area contributed by atoms with Gasteiger partial charge in [-0.2, -0.15) is 0 Å². The van der Waals surface area contributed by atoms with Crippen LogP contribution in [0.3, 0.4) is 0 Å². The third-order valence-electron chi connectivity index (χ3n) is 10.7. The van der Waals surface area contributed by atoms with E-state index in [-0.39, 0.29) is 12.2 Å². The molecule has 1 N–H and O–H groups in total. The normalized spacial score (nSPS) is 14.5. The summed E-state index contributed by atoms with van der Waals surface area (Å²) in [5, 5.41) is 2.94. The molecule has 0 aromatic heterocycles. The zero-order chi connectivity index (χ0) is 38.0. The molecular formula is C47H90N2O4. The average molecular weight is 747 g/mol. The van der Waals surface area contributed by atoms with Gasteiger partial charge in [-0.05, 0) is 90.1 Å². The Hall–Kier alpha value is -1.37. The number of unbranched alkanes of at least 4 members (excludes halogenated alkanes) is 24. The quantitative estimate of drug-likeness (QED) is 0.0500. The number of ether oxygens (including phenoxy) is 3. The molecule has 0 saturated carbocycles. The summed E-state index contributed by atoms with van der Waals surface area (Å²) in [7, 11) is 0. The fraction of sp³-hybridized carbons (Fsp3) is 0.894. The highest BCUT2D eigenvalue weighted by Crippen LogP contribution is 2.13. The number of rotatable bonds is 40. The molecule has 0 aromatic carbocycles. The van der Waals surface area contributed by atoms with Crippen LogP contribution in [0.1, 0.15) is 213 Å². The van der Waals surface area contributed by atoms with E-state index in [0.717, 1.165) is 45.7 Å². The second-order valence-electron chi connectivity index (χ2n) is 15.9. The summed E-state index contributed by atoms with van der Waals surface area (Å²) in [4.78, 5) is 14.8. The molecule has 1 heterocycles. The van der Waals surface area contributed by atoms with Crippen molar-refractivity contribution in [2.24, 2.45) is 0 Å². The number of likely N-dealkylation sites (tertiary alicyclic amines) is 1. The number of alkyl carbamates (subject to hydrolysis) is 1. The van der Waals surface area contributed by atoms with Crippen molar-refractivity contribution in [3.8, 4) is 0 Å². The van der Waals surface area contributed by atoms with E-state index in [1.54, 1.807) is 0 Å². The molecule has 0 spiro atoms. The Morgan fingerprint density at radius 3 is 1.47 bits per heavy atom. The average Bonchev–Trinajstić information content (AvgIpc) is 3.17.